The van der Waals surface area contributed by atoms with Crippen LogP contribution in [0.25, 0.3) is 10.2 Å². The van der Waals surface area contributed by atoms with Crippen LogP contribution in [0.4, 0.5) is 5.13 Å². The quantitative estimate of drug-likeness (QED) is 0.672. The Balaban J connectivity index is 1.66. The fraction of sp³-hybridized carbons (Fsp3) is 0.176. The first-order valence-corrected chi connectivity index (χ1v) is 10.6. The van der Waals surface area contributed by atoms with E-state index >= 15 is 0 Å². The smallest absolute Gasteiger partial charge is 0.241 e. The van der Waals surface area contributed by atoms with Crippen molar-refractivity contribution in [2.75, 3.05) is 18.2 Å². The minimum absolute atomic E-state index is 0.228. The van der Waals surface area contributed by atoms with E-state index in [1.165, 1.54) is 11.3 Å². The fourth-order valence-corrected chi connectivity index (χ4v) is 4.64. The summed E-state index contributed by atoms with van der Waals surface area (Å²) in [6.45, 7) is 0. The monoisotopic (exact) mass is 410 g/mol. The van der Waals surface area contributed by atoms with E-state index < -0.39 is 21.5 Å². The molecule has 0 fully saturated rings. The minimum Gasteiger partial charge on any atom is -0.497 e. The Morgan fingerprint density at radius 3 is 2.65 bits per heavy atom. The first-order valence-electron chi connectivity index (χ1n) is 7.54. The molecular formula is C17H15ClN2O4S2. The summed E-state index contributed by atoms with van der Waals surface area (Å²) in [6, 6.07) is 11.8. The molecule has 0 unspecified atom stereocenters. The fourth-order valence-electron chi connectivity index (χ4n) is 2.33. The predicted octanol–water partition coefficient (Wildman–Crippen LogP) is 3.51. The SMILES string of the molecule is COc1ccc2nc(NC(=O)CS(=O)(=O)Cc3ccc(Cl)cc3)sc2c1. The van der Waals surface area contributed by atoms with Crippen molar-refractivity contribution in [1.82, 2.24) is 4.98 Å². The standard InChI is InChI=1S/C17H15ClN2O4S2/c1-24-13-6-7-14-15(8-13)25-17(19-14)20-16(21)10-26(22,23)9-11-2-4-12(18)5-3-11/h2-8H,9-10H2,1H3,(H,19,20,21). The lowest BCUT2D eigenvalue weighted by atomic mass is 10.2. The van der Waals surface area contributed by atoms with E-state index in [-0.39, 0.29) is 5.75 Å². The van der Waals surface area contributed by atoms with Crippen molar-refractivity contribution in [3.63, 3.8) is 0 Å². The lowest BCUT2D eigenvalue weighted by Crippen LogP contribution is -2.23. The van der Waals surface area contributed by atoms with Gasteiger partial charge < -0.3 is 10.1 Å². The minimum atomic E-state index is -3.61. The molecule has 1 amide bonds. The number of thiazole rings is 1. The summed E-state index contributed by atoms with van der Waals surface area (Å²) in [5.41, 5.74) is 1.28. The number of hydrogen-bond donors (Lipinski definition) is 1. The summed E-state index contributed by atoms with van der Waals surface area (Å²) in [4.78, 5) is 16.4. The number of carbonyl (C=O) groups excluding carboxylic acids is 1. The number of benzene rings is 2. The van der Waals surface area contributed by atoms with E-state index in [4.69, 9.17) is 16.3 Å². The molecule has 0 saturated carbocycles. The maximum absolute atomic E-state index is 12.2. The second-order valence-electron chi connectivity index (χ2n) is 5.56. The van der Waals surface area contributed by atoms with E-state index in [9.17, 15) is 13.2 Å². The molecule has 0 atom stereocenters. The zero-order valence-electron chi connectivity index (χ0n) is 13.7. The number of fused-ring (bicyclic) bond motifs is 1. The zero-order chi connectivity index (χ0) is 18.7. The van der Waals surface area contributed by atoms with Crippen LogP contribution in [-0.2, 0) is 20.4 Å². The van der Waals surface area contributed by atoms with Crippen molar-refractivity contribution >= 4 is 54.0 Å². The highest BCUT2D eigenvalue weighted by atomic mass is 35.5. The summed E-state index contributed by atoms with van der Waals surface area (Å²) in [7, 11) is -2.04. The Morgan fingerprint density at radius 1 is 1.23 bits per heavy atom. The average Bonchev–Trinajstić information content (AvgIpc) is 2.97. The van der Waals surface area contributed by atoms with E-state index in [1.54, 1.807) is 49.6 Å². The number of carbonyl (C=O) groups is 1. The third-order valence-electron chi connectivity index (χ3n) is 3.49. The van der Waals surface area contributed by atoms with Crippen LogP contribution in [0, 0.1) is 0 Å². The number of ether oxygens (including phenoxy) is 1. The molecule has 1 heterocycles. The highest BCUT2D eigenvalue weighted by molar-refractivity contribution is 7.91. The van der Waals surface area contributed by atoms with Gasteiger partial charge in [-0.25, -0.2) is 13.4 Å². The summed E-state index contributed by atoms with van der Waals surface area (Å²) in [5, 5.41) is 3.42. The van der Waals surface area contributed by atoms with Gasteiger partial charge in [0.15, 0.2) is 15.0 Å². The second kappa shape index (κ2) is 7.61. The molecule has 2 aromatic carbocycles. The number of nitrogens with one attached hydrogen (secondary N) is 1. The third kappa shape index (κ3) is 4.72. The number of nitrogens with zero attached hydrogens (tertiary/aromatic N) is 1. The van der Waals surface area contributed by atoms with Crippen LogP contribution in [0.1, 0.15) is 5.56 Å². The Labute approximate surface area is 159 Å². The molecule has 6 nitrogen and oxygen atoms in total. The lowest BCUT2D eigenvalue weighted by molar-refractivity contribution is -0.113. The van der Waals surface area contributed by atoms with Crippen molar-refractivity contribution in [3.8, 4) is 5.75 Å². The number of aromatic nitrogens is 1. The Hall–Kier alpha value is -2.16. The number of hydrogen-bond acceptors (Lipinski definition) is 6. The summed E-state index contributed by atoms with van der Waals surface area (Å²) in [6.07, 6.45) is 0. The molecule has 3 aromatic rings. The van der Waals surface area contributed by atoms with Crippen LogP contribution in [0.5, 0.6) is 5.75 Å². The number of sulfone groups is 1. The molecule has 0 saturated heterocycles. The average molecular weight is 411 g/mol. The van der Waals surface area contributed by atoms with Crippen molar-refractivity contribution < 1.29 is 17.9 Å². The zero-order valence-corrected chi connectivity index (χ0v) is 16.1. The van der Waals surface area contributed by atoms with Crippen LogP contribution in [0.2, 0.25) is 5.02 Å². The van der Waals surface area contributed by atoms with Gasteiger partial charge >= 0.3 is 0 Å². The van der Waals surface area contributed by atoms with Gasteiger partial charge in [0.25, 0.3) is 0 Å². The highest BCUT2D eigenvalue weighted by Gasteiger charge is 2.19. The van der Waals surface area contributed by atoms with Gasteiger partial charge in [-0.15, -0.1) is 0 Å². The van der Waals surface area contributed by atoms with Gasteiger partial charge in [0.2, 0.25) is 5.91 Å². The normalized spacial score (nSPS) is 11.5. The van der Waals surface area contributed by atoms with Crippen molar-refractivity contribution in [3.05, 3.63) is 53.1 Å². The van der Waals surface area contributed by atoms with Gasteiger partial charge in [0.05, 0.1) is 23.1 Å². The van der Waals surface area contributed by atoms with Gasteiger partial charge in [-0.05, 0) is 35.9 Å². The summed E-state index contributed by atoms with van der Waals surface area (Å²) < 4.78 is 30.4. The van der Waals surface area contributed by atoms with Gasteiger partial charge in [0.1, 0.15) is 11.5 Å². The molecule has 0 aliphatic rings. The van der Waals surface area contributed by atoms with Gasteiger partial charge in [-0.3, -0.25) is 4.79 Å². The largest absolute Gasteiger partial charge is 0.497 e. The van der Waals surface area contributed by atoms with Crippen LogP contribution in [-0.4, -0.2) is 32.2 Å². The Bertz CT molecular complexity index is 1050. The molecule has 1 N–H and O–H groups in total. The van der Waals surface area contributed by atoms with E-state index in [0.717, 1.165) is 4.70 Å². The maximum atomic E-state index is 12.2. The topological polar surface area (TPSA) is 85.4 Å². The van der Waals surface area contributed by atoms with Crippen LogP contribution in [0.15, 0.2) is 42.5 Å². The summed E-state index contributed by atoms with van der Waals surface area (Å²) >= 11 is 7.04. The van der Waals surface area contributed by atoms with Gasteiger partial charge in [-0.2, -0.15) is 0 Å². The molecule has 0 aliphatic heterocycles. The first kappa shape index (κ1) is 18.6. The van der Waals surface area contributed by atoms with Crippen molar-refractivity contribution in [2.24, 2.45) is 0 Å². The molecular weight excluding hydrogens is 396 g/mol. The van der Waals surface area contributed by atoms with Gasteiger partial charge in [-0.1, -0.05) is 35.1 Å². The van der Waals surface area contributed by atoms with E-state index in [2.05, 4.69) is 10.3 Å². The number of rotatable bonds is 6. The predicted molar refractivity (Wildman–Crippen MR) is 104 cm³/mol. The van der Waals surface area contributed by atoms with E-state index in [0.29, 0.717) is 27.0 Å². The molecule has 26 heavy (non-hydrogen) atoms. The first-order chi connectivity index (χ1) is 12.3. The number of halogens is 1. The molecule has 0 aliphatic carbocycles. The van der Waals surface area contributed by atoms with Crippen molar-refractivity contribution in [1.29, 1.82) is 0 Å². The molecule has 1 aromatic heterocycles. The number of anilines is 1. The number of amides is 1. The van der Waals surface area contributed by atoms with E-state index in [1.807, 2.05) is 0 Å². The molecule has 136 valence electrons. The number of methoxy groups -OCH3 is 1. The van der Waals surface area contributed by atoms with Crippen LogP contribution in [0.3, 0.4) is 0 Å². The third-order valence-corrected chi connectivity index (χ3v) is 6.15. The van der Waals surface area contributed by atoms with Crippen LogP contribution >= 0.6 is 22.9 Å². The molecule has 0 bridgehead atoms. The molecule has 0 radical (unpaired) electrons. The summed E-state index contributed by atoms with van der Waals surface area (Å²) in [5.74, 6) is -0.779. The lowest BCUT2D eigenvalue weighted by Gasteiger charge is -2.05. The second-order valence-corrected chi connectivity index (χ2v) is 9.09. The molecule has 0 spiro atoms. The van der Waals surface area contributed by atoms with Gasteiger partial charge in [0, 0.05) is 5.02 Å². The molecule has 3 rings (SSSR count). The van der Waals surface area contributed by atoms with Crippen LogP contribution < -0.4 is 10.1 Å². The maximum Gasteiger partial charge on any atom is 0.241 e. The van der Waals surface area contributed by atoms with Crippen molar-refractivity contribution in [2.45, 2.75) is 5.75 Å². The molecule has 9 heteroatoms. The highest BCUT2D eigenvalue weighted by Crippen LogP contribution is 2.29. The Kier molecular flexibility index (Phi) is 5.45. The Morgan fingerprint density at radius 2 is 1.96 bits per heavy atom.